The maximum absolute atomic E-state index is 11.8. The van der Waals surface area contributed by atoms with Crippen LogP contribution in [-0.4, -0.2) is 40.1 Å². The van der Waals surface area contributed by atoms with Crippen molar-refractivity contribution in [2.45, 2.75) is 40.2 Å². The average Bonchev–Trinajstić information content (AvgIpc) is 2.78. The molecule has 4 heteroatoms. The topological polar surface area (TPSA) is 38.1 Å². The molecule has 0 aliphatic rings. The smallest absolute Gasteiger partial charge is 0.138 e. The molecule has 0 aliphatic carbocycles. The van der Waals surface area contributed by atoms with E-state index in [2.05, 4.69) is 23.8 Å². The Morgan fingerprint density at radius 1 is 1.35 bits per heavy atom. The Labute approximate surface area is 104 Å². The summed E-state index contributed by atoms with van der Waals surface area (Å²) in [6.45, 7) is 10.0. The van der Waals surface area contributed by atoms with Crippen molar-refractivity contribution >= 4 is 5.78 Å². The first kappa shape index (κ1) is 13.9. The number of aromatic nitrogens is 2. The average molecular weight is 237 g/mol. The van der Waals surface area contributed by atoms with Crippen LogP contribution < -0.4 is 0 Å². The molecule has 0 spiro atoms. The van der Waals surface area contributed by atoms with Gasteiger partial charge in [0, 0.05) is 32.1 Å². The predicted molar refractivity (Wildman–Crippen MR) is 69.0 cm³/mol. The molecule has 1 aromatic rings. The van der Waals surface area contributed by atoms with E-state index in [0.717, 1.165) is 31.7 Å². The Kier molecular flexibility index (Phi) is 5.91. The van der Waals surface area contributed by atoms with Gasteiger partial charge in [0.2, 0.25) is 0 Å². The zero-order valence-corrected chi connectivity index (χ0v) is 11.1. The lowest BCUT2D eigenvalue weighted by atomic mass is 10.1. The van der Waals surface area contributed by atoms with Crippen LogP contribution in [0.15, 0.2) is 12.4 Å². The highest BCUT2D eigenvalue weighted by molar-refractivity contribution is 5.80. The van der Waals surface area contributed by atoms with Crippen LogP contribution >= 0.6 is 0 Å². The van der Waals surface area contributed by atoms with Crippen molar-refractivity contribution < 1.29 is 4.79 Å². The van der Waals surface area contributed by atoms with Crippen molar-refractivity contribution in [2.24, 2.45) is 0 Å². The summed E-state index contributed by atoms with van der Waals surface area (Å²) in [5.41, 5.74) is 1.02. The van der Waals surface area contributed by atoms with Crippen molar-refractivity contribution in [2.75, 3.05) is 19.6 Å². The first-order valence-electron chi connectivity index (χ1n) is 6.44. The minimum Gasteiger partial charge on any atom is -0.303 e. The molecule has 4 nitrogen and oxygen atoms in total. The summed E-state index contributed by atoms with van der Waals surface area (Å²) in [6, 6.07) is 0. The first-order valence-corrected chi connectivity index (χ1v) is 6.44. The fraction of sp³-hybridized carbons (Fsp3) is 0.692. The molecule has 1 aromatic heterocycles. The second kappa shape index (κ2) is 7.22. The third-order valence-corrected chi connectivity index (χ3v) is 3.01. The third kappa shape index (κ3) is 4.69. The Bertz CT molecular complexity index is 342. The largest absolute Gasteiger partial charge is 0.303 e. The molecule has 0 saturated carbocycles. The summed E-state index contributed by atoms with van der Waals surface area (Å²) in [7, 11) is 0. The number of ketones is 1. The minimum atomic E-state index is 0.299. The molecule has 17 heavy (non-hydrogen) atoms. The van der Waals surface area contributed by atoms with E-state index >= 15 is 0 Å². The number of carbonyl (C=O) groups is 1. The molecule has 1 heterocycles. The molecule has 0 aromatic carbocycles. The normalized spacial score (nSPS) is 11.1. The number of rotatable bonds is 8. The highest BCUT2D eigenvalue weighted by Gasteiger charge is 2.07. The lowest BCUT2D eigenvalue weighted by Crippen LogP contribution is -2.26. The van der Waals surface area contributed by atoms with Crippen LogP contribution in [0.5, 0.6) is 0 Å². The Morgan fingerprint density at radius 2 is 2.06 bits per heavy atom. The fourth-order valence-electron chi connectivity index (χ4n) is 1.81. The van der Waals surface area contributed by atoms with Gasteiger partial charge in [0.1, 0.15) is 5.78 Å². The summed E-state index contributed by atoms with van der Waals surface area (Å²) in [6.07, 6.45) is 4.90. The minimum absolute atomic E-state index is 0.299. The van der Waals surface area contributed by atoms with Crippen LogP contribution in [0.3, 0.4) is 0 Å². The lowest BCUT2D eigenvalue weighted by Gasteiger charge is -2.16. The lowest BCUT2D eigenvalue weighted by molar-refractivity contribution is -0.118. The molecular weight excluding hydrogens is 214 g/mol. The molecule has 0 amide bonds. The quantitative estimate of drug-likeness (QED) is 0.691. The van der Waals surface area contributed by atoms with Crippen LogP contribution in [0.2, 0.25) is 0 Å². The van der Waals surface area contributed by atoms with Gasteiger partial charge < -0.3 is 4.90 Å². The first-order chi connectivity index (χ1) is 8.19. The van der Waals surface area contributed by atoms with Gasteiger partial charge in [0.25, 0.3) is 0 Å². The van der Waals surface area contributed by atoms with Gasteiger partial charge in [-0.25, -0.2) is 0 Å². The van der Waals surface area contributed by atoms with Crippen molar-refractivity contribution in [3.63, 3.8) is 0 Å². The van der Waals surface area contributed by atoms with E-state index < -0.39 is 0 Å². The van der Waals surface area contributed by atoms with Gasteiger partial charge in [-0.15, -0.1) is 0 Å². The summed E-state index contributed by atoms with van der Waals surface area (Å²) in [4.78, 5) is 14.1. The summed E-state index contributed by atoms with van der Waals surface area (Å²) in [5, 5.41) is 4.17. The Hall–Kier alpha value is -1.16. The van der Waals surface area contributed by atoms with Crippen molar-refractivity contribution in [1.29, 1.82) is 0 Å². The van der Waals surface area contributed by atoms with E-state index in [9.17, 15) is 4.79 Å². The summed E-state index contributed by atoms with van der Waals surface area (Å²) < 4.78 is 1.85. The van der Waals surface area contributed by atoms with Gasteiger partial charge in [-0.3, -0.25) is 9.48 Å². The number of hydrogen-bond acceptors (Lipinski definition) is 3. The highest BCUT2D eigenvalue weighted by Crippen LogP contribution is 2.02. The highest BCUT2D eigenvalue weighted by atomic mass is 16.1. The monoisotopic (exact) mass is 237 g/mol. The maximum Gasteiger partial charge on any atom is 0.138 e. The molecule has 1 rings (SSSR count). The van der Waals surface area contributed by atoms with Crippen LogP contribution in [0.4, 0.5) is 0 Å². The number of carbonyl (C=O) groups excluding carboxylic acids is 1. The van der Waals surface area contributed by atoms with Gasteiger partial charge >= 0.3 is 0 Å². The maximum atomic E-state index is 11.8. The van der Waals surface area contributed by atoms with E-state index in [0.29, 0.717) is 18.6 Å². The van der Waals surface area contributed by atoms with Crippen molar-refractivity contribution in [3.8, 4) is 0 Å². The molecule has 0 atom stereocenters. The van der Waals surface area contributed by atoms with E-state index in [-0.39, 0.29) is 0 Å². The second-order valence-electron chi connectivity index (χ2n) is 4.20. The summed E-state index contributed by atoms with van der Waals surface area (Å²) >= 11 is 0. The van der Waals surface area contributed by atoms with Crippen LogP contribution in [-0.2, 0) is 17.8 Å². The van der Waals surface area contributed by atoms with Gasteiger partial charge in [0.05, 0.1) is 6.20 Å². The Balaban J connectivity index is 2.34. The van der Waals surface area contributed by atoms with Gasteiger partial charge in [0.15, 0.2) is 0 Å². The molecule has 0 unspecified atom stereocenters. The third-order valence-electron chi connectivity index (χ3n) is 3.01. The standard InChI is InChI=1S/C13H23N3O/c1-4-15(5-2)8-7-13(17)9-12-10-14-16(6-3)11-12/h10-11H,4-9H2,1-3H3. The predicted octanol–water partition coefficient (Wildman–Crippen LogP) is 1.75. The van der Waals surface area contributed by atoms with Gasteiger partial charge in [-0.1, -0.05) is 13.8 Å². The van der Waals surface area contributed by atoms with Gasteiger partial charge in [-0.2, -0.15) is 5.10 Å². The molecule has 0 saturated heterocycles. The van der Waals surface area contributed by atoms with E-state index in [4.69, 9.17) is 0 Å². The zero-order chi connectivity index (χ0) is 12.7. The molecule has 0 fully saturated rings. The van der Waals surface area contributed by atoms with E-state index in [1.165, 1.54) is 0 Å². The number of nitrogens with zero attached hydrogens (tertiary/aromatic N) is 3. The molecule has 0 N–H and O–H groups in total. The molecule has 0 bridgehead atoms. The van der Waals surface area contributed by atoms with Crippen molar-refractivity contribution in [3.05, 3.63) is 18.0 Å². The van der Waals surface area contributed by atoms with E-state index in [1.807, 2.05) is 17.8 Å². The molecular formula is C13H23N3O. The van der Waals surface area contributed by atoms with E-state index in [1.54, 1.807) is 6.20 Å². The number of Topliss-reactive ketones (excluding diaryl/α,β-unsaturated/α-hetero) is 1. The fourth-order valence-corrected chi connectivity index (χ4v) is 1.81. The Morgan fingerprint density at radius 3 is 2.59 bits per heavy atom. The summed E-state index contributed by atoms with van der Waals surface area (Å²) in [5.74, 6) is 0.299. The van der Waals surface area contributed by atoms with Crippen LogP contribution in [0.25, 0.3) is 0 Å². The van der Waals surface area contributed by atoms with Crippen LogP contribution in [0.1, 0.15) is 32.8 Å². The van der Waals surface area contributed by atoms with Gasteiger partial charge in [-0.05, 0) is 25.6 Å². The van der Waals surface area contributed by atoms with Crippen molar-refractivity contribution in [1.82, 2.24) is 14.7 Å². The van der Waals surface area contributed by atoms with Crippen LogP contribution in [0, 0.1) is 0 Å². The molecule has 0 radical (unpaired) electrons. The number of aryl methyl sites for hydroxylation is 1. The zero-order valence-electron chi connectivity index (χ0n) is 11.1. The number of hydrogen-bond donors (Lipinski definition) is 0. The SMILES string of the molecule is CCN(CC)CCC(=O)Cc1cnn(CC)c1. The molecule has 0 aliphatic heterocycles. The second-order valence-corrected chi connectivity index (χ2v) is 4.20. The molecule has 96 valence electrons.